The normalized spacial score (nSPS) is 19.1. The first kappa shape index (κ1) is 15.8. The molecule has 5 heteroatoms. The van der Waals surface area contributed by atoms with E-state index in [1.807, 2.05) is 30.3 Å². The number of nitrogens with zero attached hydrogens (tertiary/aromatic N) is 2. The Hall–Kier alpha value is -2.04. The van der Waals surface area contributed by atoms with Gasteiger partial charge in [-0.15, -0.1) is 0 Å². The molecule has 1 N–H and O–H groups in total. The molecule has 1 aliphatic heterocycles. The van der Waals surface area contributed by atoms with Crippen LogP contribution >= 0.6 is 11.6 Å². The van der Waals surface area contributed by atoms with E-state index in [2.05, 4.69) is 11.8 Å². The van der Waals surface area contributed by atoms with E-state index < -0.39 is 0 Å². The third-order valence-electron chi connectivity index (χ3n) is 4.13. The topological polar surface area (TPSA) is 43.8 Å². The van der Waals surface area contributed by atoms with Gasteiger partial charge in [0.15, 0.2) is 0 Å². The summed E-state index contributed by atoms with van der Waals surface area (Å²) in [5.41, 5.74) is 1.84. The van der Waals surface area contributed by atoms with Gasteiger partial charge in [0, 0.05) is 29.8 Å². The van der Waals surface area contributed by atoms with Gasteiger partial charge in [0.1, 0.15) is 5.75 Å². The fourth-order valence-electron chi connectivity index (χ4n) is 2.89. The molecule has 4 nitrogen and oxygen atoms in total. The van der Waals surface area contributed by atoms with E-state index in [1.165, 1.54) is 0 Å². The molecule has 1 amide bonds. The number of halogens is 1. The minimum Gasteiger partial charge on any atom is -0.508 e. The Balaban J connectivity index is 1.73. The number of carbonyl (C=O) groups excluding carboxylic acids is 1. The third-order valence-corrected chi connectivity index (χ3v) is 4.36. The van der Waals surface area contributed by atoms with Crippen LogP contribution in [0.3, 0.4) is 0 Å². The lowest BCUT2D eigenvalue weighted by atomic mass is 10.1. The van der Waals surface area contributed by atoms with Crippen molar-refractivity contribution < 1.29 is 9.90 Å². The van der Waals surface area contributed by atoms with E-state index in [4.69, 9.17) is 11.6 Å². The zero-order valence-electron chi connectivity index (χ0n) is 12.9. The van der Waals surface area contributed by atoms with Crippen LogP contribution in [0.5, 0.6) is 5.75 Å². The molecule has 2 aromatic rings. The molecule has 1 fully saturated rings. The van der Waals surface area contributed by atoms with E-state index in [1.54, 1.807) is 23.1 Å². The van der Waals surface area contributed by atoms with Gasteiger partial charge < -0.3 is 10.0 Å². The predicted molar refractivity (Wildman–Crippen MR) is 91.8 cm³/mol. The van der Waals surface area contributed by atoms with Crippen molar-refractivity contribution in [2.24, 2.45) is 0 Å². The molecule has 0 unspecified atom stereocenters. The number of benzene rings is 2. The molecule has 120 valence electrons. The maximum atomic E-state index is 12.5. The zero-order chi connectivity index (χ0) is 16.4. The molecule has 0 radical (unpaired) electrons. The molecule has 1 atom stereocenters. The highest BCUT2D eigenvalue weighted by Gasteiger charge is 2.30. The first-order valence-corrected chi connectivity index (χ1v) is 7.98. The van der Waals surface area contributed by atoms with Crippen molar-refractivity contribution in [3.63, 3.8) is 0 Å². The minimum absolute atomic E-state index is 0.0607. The fourth-order valence-corrected chi connectivity index (χ4v) is 3.08. The van der Waals surface area contributed by atoms with Crippen molar-refractivity contribution in [1.29, 1.82) is 0 Å². The Bertz CT molecular complexity index is 720. The molecule has 2 aromatic carbocycles. The lowest BCUT2D eigenvalue weighted by Gasteiger charge is -2.39. The fraction of sp³-hybridized carbons (Fsp3) is 0.278. The monoisotopic (exact) mass is 330 g/mol. The molecule has 1 saturated heterocycles. The molecule has 0 saturated carbocycles. The Morgan fingerprint density at radius 3 is 2.74 bits per heavy atom. The van der Waals surface area contributed by atoms with Crippen LogP contribution in [0.4, 0.5) is 5.69 Å². The van der Waals surface area contributed by atoms with Crippen LogP contribution in [-0.4, -0.2) is 35.0 Å². The summed E-state index contributed by atoms with van der Waals surface area (Å²) in [5.74, 6) is 0.310. The average molecular weight is 331 g/mol. The molecule has 0 bridgehead atoms. The third kappa shape index (κ3) is 3.66. The maximum absolute atomic E-state index is 12.5. The summed E-state index contributed by atoms with van der Waals surface area (Å²) >= 11 is 6.03. The molecule has 1 heterocycles. The first-order valence-electron chi connectivity index (χ1n) is 7.61. The number of aromatic hydroxyl groups is 1. The Kier molecular flexibility index (Phi) is 4.55. The van der Waals surface area contributed by atoms with E-state index in [0.717, 1.165) is 11.3 Å². The number of carbonyl (C=O) groups is 1. The second kappa shape index (κ2) is 6.60. The molecule has 1 aliphatic rings. The summed E-state index contributed by atoms with van der Waals surface area (Å²) in [5, 5.41) is 10.2. The van der Waals surface area contributed by atoms with Crippen LogP contribution in [0.15, 0.2) is 48.5 Å². The molecule has 0 aromatic heterocycles. The van der Waals surface area contributed by atoms with Crippen LogP contribution in [0, 0.1) is 0 Å². The zero-order valence-corrected chi connectivity index (χ0v) is 13.7. The SMILES string of the molecule is C[C@@H]1CN(c2cccc(Cl)c2)C(=O)CN1Cc1cccc(O)c1. The van der Waals surface area contributed by atoms with Crippen LogP contribution in [0.2, 0.25) is 5.02 Å². The van der Waals surface area contributed by atoms with E-state index in [9.17, 15) is 9.90 Å². The van der Waals surface area contributed by atoms with Gasteiger partial charge in [0.05, 0.1) is 6.54 Å². The Labute approximate surface area is 140 Å². The van der Waals surface area contributed by atoms with Gasteiger partial charge >= 0.3 is 0 Å². The van der Waals surface area contributed by atoms with E-state index in [-0.39, 0.29) is 17.7 Å². The summed E-state index contributed by atoms with van der Waals surface area (Å²) in [6, 6.07) is 14.8. The van der Waals surface area contributed by atoms with E-state index >= 15 is 0 Å². The standard InChI is InChI=1S/C18H19ClN2O2/c1-13-10-21(16-6-3-5-15(19)9-16)18(23)12-20(13)11-14-4-2-7-17(22)8-14/h2-9,13,22H,10-12H2,1H3/t13-/m1/s1. The van der Waals surface area contributed by atoms with Crippen molar-refractivity contribution in [2.45, 2.75) is 19.5 Å². The second-order valence-electron chi connectivity index (χ2n) is 5.91. The Morgan fingerprint density at radius 2 is 2.00 bits per heavy atom. The highest BCUT2D eigenvalue weighted by Crippen LogP contribution is 2.24. The number of hydrogen-bond donors (Lipinski definition) is 1. The van der Waals surface area contributed by atoms with Gasteiger partial charge in [-0.05, 0) is 42.8 Å². The molecular formula is C18H19ClN2O2. The molecule has 0 aliphatic carbocycles. The minimum atomic E-state index is 0.0607. The quantitative estimate of drug-likeness (QED) is 0.939. The Morgan fingerprint density at radius 1 is 1.22 bits per heavy atom. The molecular weight excluding hydrogens is 312 g/mol. The number of piperazine rings is 1. The number of amides is 1. The van der Waals surface area contributed by atoms with Gasteiger partial charge in [-0.3, -0.25) is 9.69 Å². The smallest absolute Gasteiger partial charge is 0.241 e. The van der Waals surface area contributed by atoms with Crippen LogP contribution in [0.25, 0.3) is 0 Å². The van der Waals surface area contributed by atoms with Gasteiger partial charge in [-0.25, -0.2) is 0 Å². The number of rotatable bonds is 3. The molecule has 3 rings (SSSR count). The summed E-state index contributed by atoms with van der Waals surface area (Å²) in [6.07, 6.45) is 0. The number of anilines is 1. The van der Waals surface area contributed by atoms with Crippen molar-refractivity contribution in [3.8, 4) is 5.75 Å². The van der Waals surface area contributed by atoms with Crippen LogP contribution in [-0.2, 0) is 11.3 Å². The van der Waals surface area contributed by atoms with Crippen LogP contribution in [0.1, 0.15) is 12.5 Å². The summed E-state index contributed by atoms with van der Waals surface area (Å²) in [4.78, 5) is 16.4. The largest absolute Gasteiger partial charge is 0.508 e. The van der Waals surface area contributed by atoms with Gasteiger partial charge in [0.25, 0.3) is 0 Å². The maximum Gasteiger partial charge on any atom is 0.241 e. The number of phenols is 1. The van der Waals surface area contributed by atoms with Crippen molar-refractivity contribution in [2.75, 3.05) is 18.0 Å². The van der Waals surface area contributed by atoms with E-state index in [0.29, 0.717) is 24.7 Å². The van der Waals surface area contributed by atoms with Crippen molar-refractivity contribution in [1.82, 2.24) is 4.90 Å². The summed E-state index contributed by atoms with van der Waals surface area (Å²) in [7, 11) is 0. The lowest BCUT2D eigenvalue weighted by molar-refractivity contribution is -0.122. The first-order chi connectivity index (χ1) is 11.0. The van der Waals surface area contributed by atoms with Crippen molar-refractivity contribution in [3.05, 3.63) is 59.1 Å². The van der Waals surface area contributed by atoms with Crippen molar-refractivity contribution >= 4 is 23.2 Å². The number of phenolic OH excluding ortho intramolecular Hbond substituents is 1. The highest BCUT2D eigenvalue weighted by atomic mass is 35.5. The number of hydrogen-bond acceptors (Lipinski definition) is 3. The summed E-state index contributed by atoms with van der Waals surface area (Å²) < 4.78 is 0. The molecule has 0 spiro atoms. The van der Waals surface area contributed by atoms with Crippen LogP contribution < -0.4 is 4.90 Å². The predicted octanol–water partition coefficient (Wildman–Crippen LogP) is 3.28. The lowest BCUT2D eigenvalue weighted by Crippen LogP contribution is -2.54. The molecule has 23 heavy (non-hydrogen) atoms. The highest BCUT2D eigenvalue weighted by molar-refractivity contribution is 6.30. The summed E-state index contributed by atoms with van der Waals surface area (Å²) in [6.45, 7) is 3.72. The second-order valence-corrected chi connectivity index (χ2v) is 6.34. The van der Waals surface area contributed by atoms with Gasteiger partial charge in [-0.2, -0.15) is 0 Å². The average Bonchev–Trinajstić information content (AvgIpc) is 2.50. The van der Waals surface area contributed by atoms with Gasteiger partial charge in [0.2, 0.25) is 5.91 Å². The van der Waals surface area contributed by atoms with Gasteiger partial charge in [-0.1, -0.05) is 29.8 Å².